The monoisotopic (exact) mass is 314 g/mol. The maximum Gasteiger partial charge on any atom is 0.0487 e. The molecule has 1 aromatic heterocycles. The van der Waals surface area contributed by atoms with Gasteiger partial charge in [-0.1, -0.05) is 30.3 Å². The zero-order valence-electron chi connectivity index (χ0n) is 13.5. The summed E-state index contributed by atoms with van der Waals surface area (Å²) in [5, 5.41) is 4.46. The molecular weight excluding hydrogens is 288 g/mol. The normalized spacial score (nSPS) is 28.9. The van der Waals surface area contributed by atoms with Crippen LogP contribution >= 0.6 is 11.3 Å². The van der Waals surface area contributed by atoms with E-state index in [2.05, 4.69) is 66.2 Å². The van der Waals surface area contributed by atoms with Crippen molar-refractivity contribution in [3.05, 3.63) is 58.3 Å². The molecule has 0 saturated heterocycles. The van der Waals surface area contributed by atoms with Crippen LogP contribution in [0.2, 0.25) is 0 Å². The Kier molecular flexibility index (Phi) is 4.67. The molecule has 0 spiro atoms. The molecule has 1 aromatic carbocycles. The minimum absolute atomic E-state index is 0.0963. The highest BCUT2D eigenvalue weighted by Crippen LogP contribution is 2.46. The first kappa shape index (κ1) is 15.7. The largest absolute Gasteiger partial charge is 0.328 e. The molecule has 1 aliphatic rings. The molecule has 22 heavy (non-hydrogen) atoms. The number of hydrogen-bond donors (Lipinski definition) is 1. The zero-order chi connectivity index (χ0) is 15.6. The van der Waals surface area contributed by atoms with Crippen LogP contribution in [-0.2, 0) is 12.0 Å². The van der Waals surface area contributed by atoms with E-state index in [9.17, 15) is 0 Å². The molecule has 2 nitrogen and oxygen atoms in total. The van der Waals surface area contributed by atoms with Crippen LogP contribution in [0, 0.1) is 5.92 Å². The molecule has 2 N–H and O–H groups in total. The summed E-state index contributed by atoms with van der Waals surface area (Å²) >= 11 is 1.79. The summed E-state index contributed by atoms with van der Waals surface area (Å²) in [6, 6.07) is 13.6. The van der Waals surface area contributed by atoms with E-state index in [1.807, 2.05) is 0 Å². The summed E-state index contributed by atoms with van der Waals surface area (Å²) in [6.45, 7) is 0. The number of benzene rings is 1. The van der Waals surface area contributed by atoms with Crippen LogP contribution in [0.5, 0.6) is 0 Å². The lowest BCUT2D eigenvalue weighted by molar-refractivity contribution is 0.0265. The van der Waals surface area contributed by atoms with Gasteiger partial charge in [0.05, 0.1) is 0 Å². The predicted octanol–water partition coefficient (Wildman–Crippen LogP) is 3.88. The first-order chi connectivity index (χ1) is 10.6. The molecule has 1 heterocycles. The molecule has 3 rings (SSSR count). The molecule has 2 aromatic rings. The highest BCUT2D eigenvalue weighted by molar-refractivity contribution is 7.07. The SMILES string of the molecule is CN(C)C1(c2ccccc2)CCC(N)CC1Cc1ccsc1. The standard InChI is InChI=1S/C19H26N2S/c1-21(2)19(16-6-4-3-5-7-16)10-8-18(20)13-17(19)12-15-9-11-22-14-15/h3-7,9,11,14,17-18H,8,10,12-13,20H2,1-2H3. The zero-order valence-corrected chi connectivity index (χ0v) is 14.4. The Labute approximate surface area is 138 Å². The quantitative estimate of drug-likeness (QED) is 0.928. The fraction of sp³-hybridized carbons (Fsp3) is 0.474. The fourth-order valence-electron chi connectivity index (χ4n) is 4.19. The highest BCUT2D eigenvalue weighted by Gasteiger charge is 2.45. The van der Waals surface area contributed by atoms with Crippen molar-refractivity contribution in [2.45, 2.75) is 37.3 Å². The van der Waals surface area contributed by atoms with Gasteiger partial charge in [-0.2, -0.15) is 11.3 Å². The van der Waals surface area contributed by atoms with Gasteiger partial charge in [-0.15, -0.1) is 0 Å². The Hall–Kier alpha value is -1.16. The van der Waals surface area contributed by atoms with Crippen molar-refractivity contribution in [2.24, 2.45) is 11.7 Å². The summed E-state index contributed by atoms with van der Waals surface area (Å²) in [4.78, 5) is 2.44. The van der Waals surface area contributed by atoms with Crippen LogP contribution in [0.4, 0.5) is 0 Å². The molecular formula is C19H26N2S. The summed E-state index contributed by atoms with van der Waals surface area (Å²) in [5.41, 5.74) is 9.32. The second-order valence-corrected chi connectivity index (χ2v) is 7.53. The van der Waals surface area contributed by atoms with Gasteiger partial charge in [0.2, 0.25) is 0 Å². The average Bonchev–Trinajstić information content (AvgIpc) is 3.01. The number of hydrogen-bond acceptors (Lipinski definition) is 3. The second-order valence-electron chi connectivity index (χ2n) is 6.75. The van der Waals surface area contributed by atoms with Gasteiger partial charge >= 0.3 is 0 Å². The maximum atomic E-state index is 6.34. The van der Waals surface area contributed by atoms with E-state index >= 15 is 0 Å². The minimum atomic E-state index is 0.0963. The Bertz CT molecular complexity index is 579. The summed E-state index contributed by atoms with van der Waals surface area (Å²) in [5.74, 6) is 0.559. The van der Waals surface area contributed by atoms with E-state index in [-0.39, 0.29) is 5.54 Å². The van der Waals surface area contributed by atoms with Crippen molar-refractivity contribution < 1.29 is 0 Å². The molecule has 0 aliphatic heterocycles. The van der Waals surface area contributed by atoms with Gasteiger partial charge in [-0.05, 0) is 73.6 Å². The predicted molar refractivity (Wildman–Crippen MR) is 95.1 cm³/mol. The third-order valence-corrected chi connectivity index (χ3v) is 6.02. The number of nitrogens with zero attached hydrogens (tertiary/aromatic N) is 1. The molecule has 1 aliphatic carbocycles. The van der Waals surface area contributed by atoms with Crippen molar-refractivity contribution in [3.8, 4) is 0 Å². The van der Waals surface area contributed by atoms with E-state index in [1.54, 1.807) is 11.3 Å². The third kappa shape index (κ3) is 2.85. The lowest BCUT2D eigenvalue weighted by Crippen LogP contribution is -2.53. The molecule has 0 bridgehead atoms. The Morgan fingerprint density at radius 2 is 2.00 bits per heavy atom. The fourth-order valence-corrected chi connectivity index (χ4v) is 4.87. The van der Waals surface area contributed by atoms with Crippen LogP contribution in [0.3, 0.4) is 0 Å². The van der Waals surface area contributed by atoms with E-state index in [1.165, 1.54) is 11.1 Å². The van der Waals surface area contributed by atoms with Gasteiger partial charge in [-0.3, -0.25) is 4.90 Å². The van der Waals surface area contributed by atoms with Crippen LogP contribution in [-0.4, -0.2) is 25.0 Å². The lowest BCUT2D eigenvalue weighted by Gasteiger charge is -2.51. The van der Waals surface area contributed by atoms with Gasteiger partial charge in [0.25, 0.3) is 0 Å². The molecule has 0 amide bonds. The van der Waals surface area contributed by atoms with Gasteiger partial charge in [0.15, 0.2) is 0 Å². The van der Waals surface area contributed by atoms with Crippen molar-refractivity contribution in [3.63, 3.8) is 0 Å². The van der Waals surface area contributed by atoms with E-state index < -0.39 is 0 Å². The van der Waals surface area contributed by atoms with E-state index in [4.69, 9.17) is 5.73 Å². The Morgan fingerprint density at radius 3 is 2.64 bits per heavy atom. The number of thiophene rings is 1. The number of nitrogens with two attached hydrogens (primary N) is 1. The third-order valence-electron chi connectivity index (χ3n) is 5.29. The van der Waals surface area contributed by atoms with Gasteiger partial charge in [0, 0.05) is 11.6 Å². The maximum absolute atomic E-state index is 6.34. The van der Waals surface area contributed by atoms with E-state index in [0.29, 0.717) is 12.0 Å². The van der Waals surface area contributed by atoms with Crippen LogP contribution in [0.25, 0.3) is 0 Å². The van der Waals surface area contributed by atoms with Crippen LogP contribution < -0.4 is 5.73 Å². The van der Waals surface area contributed by atoms with Gasteiger partial charge < -0.3 is 5.73 Å². The summed E-state index contributed by atoms with van der Waals surface area (Å²) in [7, 11) is 4.45. The Morgan fingerprint density at radius 1 is 1.23 bits per heavy atom. The van der Waals surface area contributed by atoms with Gasteiger partial charge in [-0.25, -0.2) is 0 Å². The molecule has 1 saturated carbocycles. The summed E-state index contributed by atoms with van der Waals surface area (Å²) < 4.78 is 0. The lowest BCUT2D eigenvalue weighted by atomic mass is 9.65. The topological polar surface area (TPSA) is 29.3 Å². The van der Waals surface area contributed by atoms with Gasteiger partial charge in [0.1, 0.15) is 0 Å². The van der Waals surface area contributed by atoms with Crippen LogP contribution in [0.1, 0.15) is 30.4 Å². The number of rotatable bonds is 4. The van der Waals surface area contributed by atoms with E-state index in [0.717, 1.165) is 25.7 Å². The first-order valence-corrected chi connectivity index (χ1v) is 9.07. The first-order valence-electron chi connectivity index (χ1n) is 8.12. The van der Waals surface area contributed by atoms with Crippen molar-refractivity contribution in [1.82, 2.24) is 4.90 Å². The molecule has 0 radical (unpaired) electrons. The second kappa shape index (κ2) is 6.53. The molecule has 3 unspecified atom stereocenters. The Balaban J connectivity index is 2.00. The summed E-state index contributed by atoms with van der Waals surface area (Å²) in [6.07, 6.45) is 4.46. The van der Waals surface area contributed by atoms with Crippen molar-refractivity contribution in [1.29, 1.82) is 0 Å². The minimum Gasteiger partial charge on any atom is -0.328 e. The van der Waals surface area contributed by atoms with Crippen LogP contribution in [0.15, 0.2) is 47.2 Å². The highest BCUT2D eigenvalue weighted by atomic mass is 32.1. The molecule has 1 fully saturated rings. The smallest absolute Gasteiger partial charge is 0.0487 e. The molecule has 3 atom stereocenters. The average molecular weight is 314 g/mol. The molecule has 3 heteroatoms. The molecule has 118 valence electrons. The van der Waals surface area contributed by atoms with Crippen molar-refractivity contribution >= 4 is 11.3 Å². The van der Waals surface area contributed by atoms with Crippen molar-refractivity contribution in [2.75, 3.05) is 14.1 Å².